The highest BCUT2D eigenvalue weighted by atomic mass is 32.1. The van der Waals surface area contributed by atoms with Gasteiger partial charge in [0.1, 0.15) is 22.5 Å². The van der Waals surface area contributed by atoms with Crippen molar-refractivity contribution >= 4 is 44.9 Å². The van der Waals surface area contributed by atoms with Gasteiger partial charge in [-0.15, -0.1) is 0 Å². The number of thiazole rings is 1. The van der Waals surface area contributed by atoms with Crippen LogP contribution in [-0.2, 0) is 11.3 Å². The van der Waals surface area contributed by atoms with E-state index >= 15 is 4.39 Å². The van der Waals surface area contributed by atoms with Crippen LogP contribution in [0.15, 0.2) is 30.3 Å². The molecule has 1 unspecified atom stereocenters. The van der Waals surface area contributed by atoms with E-state index in [0.29, 0.717) is 65.3 Å². The van der Waals surface area contributed by atoms with Crippen molar-refractivity contribution in [2.24, 2.45) is 5.41 Å². The van der Waals surface area contributed by atoms with Gasteiger partial charge in [0.25, 0.3) is 5.91 Å². The van der Waals surface area contributed by atoms with Crippen LogP contribution in [0.1, 0.15) is 17.4 Å². The molecule has 0 bridgehead atoms. The number of anilines is 3. The van der Waals surface area contributed by atoms with Crippen LogP contribution in [-0.4, -0.2) is 86.7 Å². The lowest BCUT2D eigenvalue weighted by molar-refractivity contribution is -0.156. The number of pyridine rings is 1. The lowest BCUT2D eigenvalue weighted by Gasteiger charge is -2.61. The predicted octanol–water partition coefficient (Wildman–Crippen LogP) is 2.66. The normalized spacial score (nSPS) is 16.4. The van der Waals surface area contributed by atoms with Gasteiger partial charge in [-0.3, -0.25) is 4.79 Å². The van der Waals surface area contributed by atoms with Gasteiger partial charge in [-0.1, -0.05) is 41.2 Å². The summed E-state index contributed by atoms with van der Waals surface area (Å²) in [4.78, 5) is 26.9. The number of aliphatic hydroxyl groups is 2. The Hall–Kier alpha value is -4.12. The zero-order chi connectivity index (χ0) is 29.1. The summed E-state index contributed by atoms with van der Waals surface area (Å²) >= 11 is 1.28. The van der Waals surface area contributed by atoms with E-state index in [1.165, 1.54) is 16.2 Å². The van der Waals surface area contributed by atoms with Crippen molar-refractivity contribution in [3.8, 4) is 17.3 Å². The fourth-order valence-corrected chi connectivity index (χ4v) is 6.53. The predicted molar refractivity (Wildman–Crippen MR) is 153 cm³/mol. The molecule has 2 N–H and O–H groups in total. The summed E-state index contributed by atoms with van der Waals surface area (Å²) < 4.78 is 17.0. The van der Waals surface area contributed by atoms with Gasteiger partial charge in [-0.05, 0) is 19.9 Å². The number of nitrogens with zero attached hydrogens (tertiary/aromatic N) is 8. The molecule has 2 aliphatic rings. The Bertz CT molecular complexity index is 1680. The van der Waals surface area contributed by atoms with Crippen LogP contribution in [0.4, 0.5) is 21.0 Å². The molecule has 2 fully saturated rings. The van der Waals surface area contributed by atoms with Crippen LogP contribution in [0.5, 0.6) is 0 Å². The van der Waals surface area contributed by atoms with E-state index in [4.69, 9.17) is 10.1 Å². The molecule has 1 aromatic carbocycles. The Labute approximate surface area is 239 Å². The van der Waals surface area contributed by atoms with E-state index in [1.807, 2.05) is 55.0 Å². The van der Waals surface area contributed by atoms with Gasteiger partial charge in [0.05, 0.1) is 17.7 Å². The number of carbonyl (C=O) groups is 1. The van der Waals surface area contributed by atoms with Gasteiger partial charge in [-0.2, -0.15) is 19.7 Å². The molecule has 1 atom stereocenters. The maximum Gasteiger partial charge on any atom is 0.253 e. The molecule has 11 nitrogen and oxygen atoms in total. The highest BCUT2D eigenvalue weighted by Crippen LogP contribution is 2.44. The Kier molecular flexibility index (Phi) is 6.64. The van der Waals surface area contributed by atoms with Gasteiger partial charge in [0.2, 0.25) is 5.95 Å². The Balaban J connectivity index is 1.29. The van der Waals surface area contributed by atoms with E-state index in [2.05, 4.69) is 16.2 Å². The third-order valence-electron chi connectivity index (χ3n) is 7.80. The van der Waals surface area contributed by atoms with Crippen molar-refractivity contribution in [3.05, 3.63) is 46.7 Å². The second-order valence-corrected chi connectivity index (χ2v) is 11.7. The second kappa shape index (κ2) is 10.1. The number of aliphatic hydroxyl groups excluding tert-OH is 2. The number of likely N-dealkylation sites (tertiary alicyclic amines) is 1. The van der Waals surface area contributed by atoms with Gasteiger partial charge in [0, 0.05) is 50.7 Å². The van der Waals surface area contributed by atoms with Crippen LogP contribution >= 0.6 is 11.3 Å². The average molecular weight is 577 g/mol. The number of aromatic nitrogens is 4. The molecule has 41 heavy (non-hydrogen) atoms. The third kappa shape index (κ3) is 4.48. The van der Waals surface area contributed by atoms with Gasteiger partial charge in [0.15, 0.2) is 16.9 Å². The molecule has 3 aromatic heterocycles. The van der Waals surface area contributed by atoms with Crippen LogP contribution < -0.4 is 9.80 Å². The van der Waals surface area contributed by atoms with Gasteiger partial charge >= 0.3 is 0 Å². The van der Waals surface area contributed by atoms with Crippen molar-refractivity contribution in [2.75, 3.05) is 49.6 Å². The first-order valence-electron chi connectivity index (χ1n) is 13.3. The molecule has 1 amide bonds. The van der Waals surface area contributed by atoms with E-state index in [-0.39, 0.29) is 11.1 Å². The van der Waals surface area contributed by atoms with Crippen molar-refractivity contribution in [1.29, 1.82) is 5.26 Å². The lowest BCUT2D eigenvalue weighted by atomic mass is 9.72. The number of hydrogen-bond donors (Lipinski definition) is 2. The Morgan fingerprint density at radius 1 is 1.24 bits per heavy atom. The van der Waals surface area contributed by atoms with Crippen molar-refractivity contribution in [2.45, 2.75) is 26.5 Å². The molecule has 0 saturated carbocycles. The Morgan fingerprint density at radius 3 is 2.59 bits per heavy atom. The number of benzene rings is 1. The lowest BCUT2D eigenvalue weighted by Crippen LogP contribution is -2.74. The SMILES string of the molecule is CCn1nc2nc(F)c(N3CC4(CN(C(=O)C(O)CO)C4)C3)cc2c1N(C)c1nc(-c2ccc(C)cc2)c(C#N)s1. The number of nitriles is 1. The minimum Gasteiger partial charge on any atom is -0.393 e. The number of carbonyl (C=O) groups excluding carboxylic acids is 1. The van der Waals surface area contributed by atoms with Gasteiger partial charge in [-0.25, -0.2) is 9.67 Å². The van der Waals surface area contributed by atoms with Gasteiger partial charge < -0.3 is 24.9 Å². The first-order valence-corrected chi connectivity index (χ1v) is 14.1. The molecule has 13 heteroatoms. The molecule has 4 aromatic rings. The van der Waals surface area contributed by atoms with Crippen LogP contribution in [0.25, 0.3) is 22.3 Å². The maximum absolute atomic E-state index is 15.2. The molecule has 0 aliphatic carbocycles. The van der Waals surface area contributed by atoms with Crippen molar-refractivity contribution < 1.29 is 19.4 Å². The molecule has 2 aliphatic heterocycles. The number of fused-ring (bicyclic) bond motifs is 1. The number of hydrogen-bond acceptors (Lipinski definition) is 10. The number of rotatable bonds is 7. The van der Waals surface area contributed by atoms with Crippen molar-refractivity contribution in [3.63, 3.8) is 0 Å². The molecule has 0 radical (unpaired) electrons. The molecular formula is C28H29FN8O3S. The number of amides is 1. The van der Waals surface area contributed by atoms with Crippen LogP contribution in [0.2, 0.25) is 0 Å². The molecular weight excluding hydrogens is 547 g/mol. The summed E-state index contributed by atoms with van der Waals surface area (Å²) in [6.07, 6.45) is -1.41. The summed E-state index contributed by atoms with van der Waals surface area (Å²) in [6, 6.07) is 11.9. The Morgan fingerprint density at radius 2 is 1.95 bits per heavy atom. The molecule has 212 valence electrons. The van der Waals surface area contributed by atoms with E-state index in [9.17, 15) is 15.2 Å². The number of halogens is 1. The maximum atomic E-state index is 15.2. The highest BCUT2D eigenvalue weighted by molar-refractivity contribution is 7.16. The zero-order valence-corrected chi connectivity index (χ0v) is 23.7. The summed E-state index contributed by atoms with van der Waals surface area (Å²) in [5.74, 6) is -0.413. The summed E-state index contributed by atoms with van der Waals surface area (Å²) in [5.41, 5.74) is 3.05. The summed E-state index contributed by atoms with van der Waals surface area (Å²) in [6.45, 7) is 5.84. The monoisotopic (exact) mass is 576 g/mol. The van der Waals surface area contributed by atoms with E-state index in [0.717, 1.165) is 11.1 Å². The summed E-state index contributed by atoms with van der Waals surface area (Å²) in [7, 11) is 1.85. The van der Waals surface area contributed by atoms with Crippen molar-refractivity contribution in [1.82, 2.24) is 24.6 Å². The average Bonchev–Trinajstić information content (AvgIpc) is 3.52. The molecule has 1 spiro atoms. The third-order valence-corrected chi connectivity index (χ3v) is 8.84. The van der Waals surface area contributed by atoms with Crippen LogP contribution in [0, 0.1) is 29.6 Å². The quantitative estimate of drug-likeness (QED) is 0.319. The first kappa shape index (κ1) is 27.1. The second-order valence-electron chi connectivity index (χ2n) is 10.8. The smallest absolute Gasteiger partial charge is 0.253 e. The van der Waals surface area contributed by atoms with E-state index < -0.39 is 24.6 Å². The first-order chi connectivity index (χ1) is 19.7. The standard InChI is InChI=1S/C28H29FN8O3S/c1-4-37-25(34(3)27-31-22(21(10-30)41-27)17-7-5-16(2)6-8-17)18-9-19(23(29)32-24(18)33-37)35-12-28(13-35)14-36(15-28)26(40)20(39)11-38/h5-9,20,38-39H,4,11-15H2,1-3H3. The zero-order valence-electron chi connectivity index (χ0n) is 22.9. The van der Waals surface area contributed by atoms with Crippen LogP contribution in [0.3, 0.4) is 0 Å². The largest absolute Gasteiger partial charge is 0.393 e. The topological polar surface area (TPSA) is 135 Å². The fourth-order valence-electron chi connectivity index (χ4n) is 5.68. The van der Waals surface area contributed by atoms with E-state index in [1.54, 1.807) is 10.7 Å². The number of aryl methyl sites for hydroxylation is 2. The molecule has 2 saturated heterocycles. The molecule has 5 heterocycles. The summed E-state index contributed by atoms with van der Waals surface area (Å²) in [5, 5.41) is 34.3. The highest BCUT2D eigenvalue weighted by Gasteiger charge is 2.54. The minimum atomic E-state index is -1.41. The minimum absolute atomic E-state index is 0.166. The fraction of sp³-hybridized carbons (Fsp3) is 0.393. The molecule has 6 rings (SSSR count).